The van der Waals surface area contributed by atoms with Crippen LogP contribution in [-0.2, 0) is 11.0 Å². The third-order valence-corrected chi connectivity index (χ3v) is 3.17. The summed E-state index contributed by atoms with van der Waals surface area (Å²) in [5.74, 6) is -1.98. The van der Waals surface area contributed by atoms with Crippen molar-refractivity contribution < 1.29 is 22.4 Å². The normalized spacial score (nSPS) is 22.9. The Labute approximate surface area is 112 Å². The van der Waals surface area contributed by atoms with Crippen LogP contribution in [-0.4, -0.2) is 24.5 Å². The summed E-state index contributed by atoms with van der Waals surface area (Å²) in [5, 5.41) is 5.19. The Bertz CT molecular complexity index is 524. The number of hydrogen-bond donors (Lipinski definition) is 3. The number of nitrogens with one attached hydrogen (secondary N) is 2. The highest BCUT2D eigenvalue weighted by Crippen LogP contribution is 2.33. The lowest BCUT2D eigenvalue weighted by Crippen LogP contribution is -2.52. The molecule has 1 amide bonds. The highest BCUT2D eigenvalue weighted by atomic mass is 19.4. The molecule has 20 heavy (non-hydrogen) atoms. The van der Waals surface area contributed by atoms with E-state index in [1.54, 1.807) is 0 Å². The number of hydrogen-bond acceptors (Lipinski definition) is 3. The molecule has 2 rings (SSSR count). The fraction of sp³-hybridized carbons (Fsp3) is 0.417. The van der Waals surface area contributed by atoms with Crippen LogP contribution in [0.1, 0.15) is 12.0 Å². The van der Waals surface area contributed by atoms with Crippen molar-refractivity contribution in [3.05, 3.63) is 29.6 Å². The summed E-state index contributed by atoms with van der Waals surface area (Å²) in [4.78, 5) is 11.9. The van der Waals surface area contributed by atoms with E-state index in [9.17, 15) is 22.4 Å². The molecule has 1 saturated heterocycles. The first-order valence-corrected chi connectivity index (χ1v) is 5.90. The van der Waals surface area contributed by atoms with Crippen LogP contribution in [0.2, 0.25) is 0 Å². The summed E-state index contributed by atoms with van der Waals surface area (Å²) in [6.07, 6.45) is -4.44. The molecule has 4 nitrogen and oxygen atoms in total. The van der Waals surface area contributed by atoms with Gasteiger partial charge in [0.2, 0.25) is 5.91 Å². The van der Waals surface area contributed by atoms with Crippen LogP contribution in [0.3, 0.4) is 0 Å². The van der Waals surface area contributed by atoms with E-state index in [-0.39, 0.29) is 12.2 Å². The third-order valence-electron chi connectivity index (χ3n) is 3.17. The number of amides is 1. The Kier molecular flexibility index (Phi) is 3.70. The van der Waals surface area contributed by atoms with Gasteiger partial charge < -0.3 is 16.4 Å². The maximum Gasteiger partial charge on any atom is 0.419 e. The monoisotopic (exact) mass is 291 g/mol. The SMILES string of the molecule is NC1(C(=O)Nc2ccc(F)c(C(F)(F)F)c2)CCNC1. The van der Waals surface area contributed by atoms with Crippen LogP contribution in [0.5, 0.6) is 0 Å². The van der Waals surface area contributed by atoms with E-state index in [1.165, 1.54) is 0 Å². The second-order valence-electron chi connectivity index (χ2n) is 4.73. The Balaban J connectivity index is 2.20. The highest BCUT2D eigenvalue weighted by Gasteiger charge is 2.38. The number of halogens is 4. The highest BCUT2D eigenvalue weighted by molar-refractivity contribution is 5.98. The molecule has 1 aromatic rings. The van der Waals surface area contributed by atoms with Crippen molar-refractivity contribution in [1.82, 2.24) is 5.32 Å². The molecule has 1 unspecified atom stereocenters. The lowest BCUT2D eigenvalue weighted by molar-refractivity contribution is -0.140. The molecule has 0 aliphatic carbocycles. The van der Waals surface area contributed by atoms with Gasteiger partial charge in [0.1, 0.15) is 11.4 Å². The van der Waals surface area contributed by atoms with Gasteiger partial charge in [-0.3, -0.25) is 4.79 Å². The quantitative estimate of drug-likeness (QED) is 0.723. The molecule has 4 N–H and O–H groups in total. The minimum atomic E-state index is -4.82. The van der Waals surface area contributed by atoms with Crippen molar-refractivity contribution in [3.8, 4) is 0 Å². The number of alkyl halides is 3. The van der Waals surface area contributed by atoms with Crippen molar-refractivity contribution in [2.24, 2.45) is 5.73 Å². The zero-order valence-electron chi connectivity index (χ0n) is 10.4. The smallest absolute Gasteiger partial charge is 0.324 e. The maximum absolute atomic E-state index is 13.1. The molecule has 1 heterocycles. The van der Waals surface area contributed by atoms with Gasteiger partial charge in [-0.15, -0.1) is 0 Å². The minimum absolute atomic E-state index is 0.138. The molecule has 0 spiro atoms. The first-order chi connectivity index (χ1) is 9.22. The topological polar surface area (TPSA) is 67.2 Å². The Morgan fingerprint density at radius 3 is 2.65 bits per heavy atom. The number of rotatable bonds is 2. The Hall–Kier alpha value is -1.67. The number of carbonyl (C=O) groups excluding carboxylic acids is 1. The fourth-order valence-corrected chi connectivity index (χ4v) is 1.98. The number of carbonyl (C=O) groups is 1. The minimum Gasteiger partial charge on any atom is -0.324 e. The van der Waals surface area contributed by atoms with Crippen molar-refractivity contribution >= 4 is 11.6 Å². The molecule has 1 fully saturated rings. The second-order valence-corrected chi connectivity index (χ2v) is 4.73. The van der Waals surface area contributed by atoms with Gasteiger partial charge in [0, 0.05) is 12.2 Å². The van der Waals surface area contributed by atoms with Crippen LogP contribution < -0.4 is 16.4 Å². The van der Waals surface area contributed by atoms with Crippen molar-refractivity contribution in [3.63, 3.8) is 0 Å². The lowest BCUT2D eigenvalue weighted by Gasteiger charge is -2.21. The predicted octanol–water partition coefficient (Wildman–Crippen LogP) is 1.47. The molecule has 0 bridgehead atoms. The van der Waals surface area contributed by atoms with Crippen molar-refractivity contribution in [2.45, 2.75) is 18.1 Å². The van der Waals surface area contributed by atoms with E-state index in [0.717, 1.165) is 6.07 Å². The molecule has 0 radical (unpaired) electrons. The first kappa shape index (κ1) is 14.7. The van der Waals surface area contributed by atoms with Gasteiger partial charge in [-0.05, 0) is 31.2 Å². The van der Waals surface area contributed by atoms with Crippen LogP contribution in [0.15, 0.2) is 18.2 Å². The van der Waals surface area contributed by atoms with E-state index in [2.05, 4.69) is 10.6 Å². The predicted molar refractivity (Wildman–Crippen MR) is 64.4 cm³/mol. The van der Waals surface area contributed by atoms with Gasteiger partial charge in [0.15, 0.2) is 0 Å². The van der Waals surface area contributed by atoms with E-state index < -0.39 is 29.0 Å². The number of nitrogens with two attached hydrogens (primary N) is 1. The van der Waals surface area contributed by atoms with E-state index >= 15 is 0 Å². The summed E-state index contributed by atoms with van der Waals surface area (Å²) in [6.45, 7) is 0.799. The molecule has 8 heteroatoms. The number of benzene rings is 1. The largest absolute Gasteiger partial charge is 0.419 e. The molecule has 1 atom stereocenters. The standard InChI is InChI=1S/C12H13F4N3O/c13-9-2-1-7(5-8(9)12(14,15)16)19-10(20)11(17)3-4-18-6-11/h1-2,5,18H,3-4,6,17H2,(H,19,20). The Morgan fingerprint density at radius 2 is 2.10 bits per heavy atom. The summed E-state index contributed by atoms with van der Waals surface area (Å²) in [5.41, 5.74) is 3.11. The Morgan fingerprint density at radius 1 is 1.40 bits per heavy atom. The van der Waals surface area contributed by atoms with E-state index in [0.29, 0.717) is 25.1 Å². The van der Waals surface area contributed by atoms with Gasteiger partial charge in [0.25, 0.3) is 0 Å². The molecule has 1 aliphatic heterocycles. The summed E-state index contributed by atoms with van der Waals surface area (Å²) < 4.78 is 50.8. The zero-order chi connectivity index (χ0) is 15.0. The molecule has 1 aromatic carbocycles. The third kappa shape index (κ3) is 2.91. The molecule has 1 aliphatic rings. The zero-order valence-corrected chi connectivity index (χ0v) is 10.4. The summed E-state index contributed by atoms with van der Waals surface area (Å²) in [6, 6.07) is 2.28. The fourth-order valence-electron chi connectivity index (χ4n) is 1.98. The first-order valence-electron chi connectivity index (χ1n) is 5.90. The number of anilines is 1. The molecule has 0 saturated carbocycles. The average Bonchev–Trinajstić information content (AvgIpc) is 2.78. The van der Waals surface area contributed by atoms with E-state index in [1.807, 2.05) is 0 Å². The van der Waals surface area contributed by atoms with Crippen LogP contribution >= 0.6 is 0 Å². The van der Waals surface area contributed by atoms with Gasteiger partial charge in [-0.2, -0.15) is 13.2 Å². The van der Waals surface area contributed by atoms with Crippen molar-refractivity contribution in [1.29, 1.82) is 0 Å². The van der Waals surface area contributed by atoms with Crippen LogP contribution in [0.25, 0.3) is 0 Å². The molecular formula is C12H13F4N3O. The van der Waals surface area contributed by atoms with Crippen LogP contribution in [0.4, 0.5) is 23.2 Å². The molecular weight excluding hydrogens is 278 g/mol. The molecule has 110 valence electrons. The van der Waals surface area contributed by atoms with E-state index in [4.69, 9.17) is 5.73 Å². The average molecular weight is 291 g/mol. The van der Waals surface area contributed by atoms with Crippen LogP contribution in [0, 0.1) is 5.82 Å². The second kappa shape index (κ2) is 5.02. The molecule has 0 aromatic heterocycles. The maximum atomic E-state index is 13.1. The van der Waals surface area contributed by atoms with Crippen molar-refractivity contribution in [2.75, 3.05) is 18.4 Å². The van der Waals surface area contributed by atoms with Gasteiger partial charge in [0.05, 0.1) is 5.56 Å². The lowest BCUT2D eigenvalue weighted by atomic mass is 9.99. The summed E-state index contributed by atoms with van der Waals surface area (Å²) >= 11 is 0. The summed E-state index contributed by atoms with van der Waals surface area (Å²) in [7, 11) is 0. The van der Waals surface area contributed by atoms with Gasteiger partial charge in [-0.25, -0.2) is 4.39 Å². The van der Waals surface area contributed by atoms with Gasteiger partial charge >= 0.3 is 6.18 Å². The van der Waals surface area contributed by atoms with Gasteiger partial charge in [-0.1, -0.05) is 0 Å².